The van der Waals surface area contributed by atoms with Crippen LogP contribution in [0.5, 0.6) is 5.75 Å². The number of nitrogens with one attached hydrogen (secondary N) is 1. The van der Waals surface area contributed by atoms with Gasteiger partial charge in [0.15, 0.2) is 0 Å². The van der Waals surface area contributed by atoms with Crippen molar-refractivity contribution in [3.63, 3.8) is 0 Å². The predicted octanol–water partition coefficient (Wildman–Crippen LogP) is 3.45. The van der Waals surface area contributed by atoms with Crippen LogP contribution in [-0.2, 0) is 6.54 Å². The largest absolute Gasteiger partial charge is 0.497 e. The van der Waals surface area contributed by atoms with Crippen molar-refractivity contribution in [1.29, 1.82) is 0 Å². The van der Waals surface area contributed by atoms with Crippen molar-refractivity contribution in [3.8, 4) is 5.75 Å². The van der Waals surface area contributed by atoms with Crippen LogP contribution < -0.4 is 10.1 Å². The van der Waals surface area contributed by atoms with E-state index in [4.69, 9.17) is 4.74 Å². The number of methoxy groups -OCH3 is 1. The maximum Gasteiger partial charge on any atom is 0.269 e. The van der Waals surface area contributed by atoms with Gasteiger partial charge in [0, 0.05) is 24.7 Å². The van der Waals surface area contributed by atoms with Crippen LogP contribution in [0.15, 0.2) is 48.5 Å². The number of non-ortho nitro benzene ring substituents is 1. The molecule has 0 radical (unpaired) electrons. The van der Waals surface area contributed by atoms with E-state index in [1.807, 2.05) is 37.3 Å². The van der Waals surface area contributed by atoms with Gasteiger partial charge in [-0.3, -0.25) is 10.1 Å². The molecule has 0 aromatic heterocycles. The maximum absolute atomic E-state index is 10.8. The van der Waals surface area contributed by atoms with Crippen LogP contribution in [0.4, 0.5) is 5.69 Å². The molecule has 0 heterocycles. The van der Waals surface area contributed by atoms with Gasteiger partial charge in [-0.15, -0.1) is 0 Å². The molecule has 0 fully saturated rings. The average molecular weight is 286 g/mol. The third-order valence-electron chi connectivity index (χ3n) is 3.33. The highest BCUT2D eigenvalue weighted by Crippen LogP contribution is 2.19. The molecule has 0 saturated carbocycles. The highest BCUT2D eigenvalue weighted by atomic mass is 16.6. The molecule has 0 aliphatic rings. The molecule has 2 aromatic rings. The molecule has 0 spiro atoms. The van der Waals surface area contributed by atoms with Crippen molar-refractivity contribution in [2.75, 3.05) is 7.11 Å². The van der Waals surface area contributed by atoms with Gasteiger partial charge in [-0.1, -0.05) is 24.3 Å². The average Bonchev–Trinajstić information content (AvgIpc) is 2.53. The minimum absolute atomic E-state index is 0.114. The third kappa shape index (κ3) is 4.03. The van der Waals surface area contributed by atoms with E-state index in [2.05, 4.69) is 5.32 Å². The molecule has 5 nitrogen and oxygen atoms in total. The van der Waals surface area contributed by atoms with Crippen LogP contribution in [0.2, 0.25) is 0 Å². The summed E-state index contributed by atoms with van der Waals surface area (Å²) in [6.07, 6.45) is 0. The van der Waals surface area contributed by atoms with E-state index in [1.165, 1.54) is 6.07 Å². The van der Waals surface area contributed by atoms with E-state index in [0.717, 1.165) is 16.9 Å². The number of ether oxygens (including phenoxy) is 1. The van der Waals surface area contributed by atoms with E-state index in [1.54, 1.807) is 19.2 Å². The monoisotopic (exact) mass is 286 g/mol. The Morgan fingerprint density at radius 2 is 2.00 bits per heavy atom. The van der Waals surface area contributed by atoms with Crippen LogP contribution in [0, 0.1) is 10.1 Å². The summed E-state index contributed by atoms with van der Waals surface area (Å²) in [5, 5.41) is 14.1. The number of benzene rings is 2. The molecule has 0 unspecified atom stereocenters. The minimum atomic E-state index is -0.380. The molecule has 5 heteroatoms. The normalized spacial score (nSPS) is 11.9. The zero-order valence-electron chi connectivity index (χ0n) is 12.1. The molecule has 0 aliphatic heterocycles. The van der Waals surface area contributed by atoms with Crippen LogP contribution in [0.25, 0.3) is 0 Å². The quantitative estimate of drug-likeness (QED) is 0.652. The summed E-state index contributed by atoms with van der Waals surface area (Å²) in [6, 6.07) is 14.6. The lowest BCUT2D eigenvalue weighted by Crippen LogP contribution is -2.18. The van der Waals surface area contributed by atoms with Crippen molar-refractivity contribution in [2.24, 2.45) is 0 Å². The first-order chi connectivity index (χ1) is 10.1. The maximum atomic E-state index is 10.8. The van der Waals surface area contributed by atoms with Gasteiger partial charge in [0.1, 0.15) is 5.75 Å². The van der Waals surface area contributed by atoms with E-state index >= 15 is 0 Å². The van der Waals surface area contributed by atoms with Crippen molar-refractivity contribution in [2.45, 2.75) is 19.5 Å². The van der Waals surface area contributed by atoms with Gasteiger partial charge in [-0.2, -0.15) is 0 Å². The topological polar surface area (TPSA) is 64.4 Å². The SMILES string of the molecule is COc1cccc([C@@H](C)NCc2cccc([N+](=O)[O-])c2)c1. The van der Waals surface area contributed by atoms with Gasteiger partial charge in [0.2, 0.25) is 0 Å². The molecular formula is C16H18N2O3. The molecule has 0 saturated heterocycles. The molecule has 0 amide bonds. The summed E-state index contributed by atoms with van der Waals surface area (Å²) in [5.41, 5.74) is 2.11. The standard InChI is InChI=1S/C16H18N2O3/c1-12(14-6-4-8-16(10-14)21-2)17-11-13-5-3-7-15(9-13)18(19)20/h3-10,12,17H,11H2,1-2H3/t12-/m1/s1. The summed E-state index contributed by atoms with van der Waals surface area (Å²) in [5.74, 6) is 0.816. The smallest absolute Gasteiger partial charge is 0.269 e. The second kappa shape index (κ2) is 6.85. The summed E-state index contributed by atoms with van der Waals surface area (Å²) >= 11 is 0. The molecular weight excluding hydrogens is 268 g/mol. The molecule has 1 atom stereocenters. The highest BCUT2D eigenvalue weighted by molar-refractivity contribution is 5.34. The first-order valence-electron chi connectivity index (χ1n) is 6.71. The van der Waals surface area contributed by atoms with Crippen molar-refractivity contribution < 1.29 is 9.66 Å². The molecule has 21 heavy (non-hydrogen) atoms. The van der Waals surface area contributed by atoms with Gasteiger partial charge < -0.3 is 10.1 Å². The number of hydrogen-bond donors (Lipinski definition) is 1. The molecule has 2 rings (SSSR count). The van der Waals surface area contributed by atoms with Gasteiger partial charge in [0.05, 0.1) is 12.0 Å². The Morgan fingerprint density at radius 1 is 1.24 bits per heavy atom. The fourth-order valence-electron chi connectivity index (χ4n) is 2.08. The second-order valence-corrected chi connectivity index (χ2v) is 4.81. The highest BCUT2D eigenvalue weighted by Gasteiger charge is 2.08. The molecule has 1 N–H and O–H groups in total. The Bertz CT molecular complexity index is 628. The zero-order valence-corrected chi connectivity index (χ0v) is 12.1. The zero-order chi connectivity index (χ0) is 15.2. The Balaban J connectivity index is 2.01. The Morgan fingerprint density at radius 3 is 2.71 bits per heavy atom. The van der Waals surface area contributed by atoms with E-state index in [0.29, 0.717) is 6.54 Å². The van der Waals surface area contributed by atoms with E-state index < -0.39 is 0 Å². The van der Waals surface area contributed by atoms with Gasteiger partial charge in [-0.05, 0) is 30.2 Å². The fourth-order valence-corrected chi connectivity index (χ4v) is 2.08. The third-order valence-corrected chi connectivity index (χ3v) is 3.33. The lowest BCUT2D eigenvalue weighted by atomic mass is 10.1. The van der Waals surface area contributed by atoms with Crippen molar-refractivity contribution in [1.82, 2.24) is 5.32 Å². The summed E-state index contributed by atoms with van der Waals surface area (Å²) in [4.78, 5) is 10.4. The second-order valence-electron chi connectivity index (χ2n) is 4.81. The van der Waals surface area contributed by atoms with E-state index in [9.17, 15) is 10.1 Å². The number of rotatable bonds is 6. The Labute approximate surface area is 123 Å². The lowest BCUT2D eigenvalue weighted by molar-refractivity contribution is -0.384. The number of hydrogen-bond acceptors (Lipinski definition) is 4. The summed E-state index contributed by atoms with van der Waals surface area (Å²) < 4.78 is 5.21. The van der Waals surface area contributed by atoms with Gasteiger partial charge in [-0.25, -0.2) is 0 Å². The molecule has 110 valence electrons. The predicted molar refractivity (Wildman–Crippen MR) is 81.3 cm³/mol. The van der Waals surface area contributed by atoms with E-state index in [-0.39, 0.29) is 16.7 Å². The van der Waals surface area contributed by atoms with Crippen molar-refractivity contribution >= 4 is 5.69 Å². The van der Waals surface area contributed by atoms with Crippen LogP contribution in [0.3, 0.4) is 0 Å². The van der Waals surface area contributed by atoms with Gasteiger partial charge >= 0.3 is 0 Å². The first kappa shape index (κ1) is 15.0. The van der Waals surface area contributed by atoms with Crippen molar-refractivity contribution in [3.05, 3.63) is 69.8 Å². The number of nitro groups is 1. The molecule has 0 bridgehead atoms. The number of nitrogens with zero attached hydrogens (tertiary/aromatic N) is 1. The summed E-state index contributed by atoms with van der Waals surface area (Å²) in [6.45, 7) is 2.62. The van der Waals surface area contributed by atoms with Crippen LogP contribution in [-0.4, -0.2) is 12.0 Å². The minimum Gasteiger partial charge on any atom is -0.497 e. The molecule has 0 aliphatic carbocycles. The number of nitro benzene ring substituents is 1. The summed E-state index contributed by atoms with van der Waals surface area (Å²) in [7, 11) is 1.64. The Hall–Kier alpha value is -2.40. The van der Waals surface area contributed by atoms with Gasteiger partial charge in [0.25, 0.3) is 5.69 Å². The van der Waals surface area contributed by atoms with Crippen LogP contribution in [0.1, 0.15) is 24.1 Å². The lowest BCUT2D eigenvalue weighted by Gasteiger charge is -2.15. The first-order valence-corrected chi connectivity index (χ1v) is 6.71. The fraction of sp³-hybridized carbons (Fsp3) is 0.250. The molecule has 2 aromatic carbocycles. The Kier molecular flexibility index (Phi) is 4.90. The van der Waals surface area contributed by atoms with Crippen LogP contribution >= 0.6 is 0 Å².